The normalized spacial score (nSPS) is 11.5. The molecule has 0 spiro atoms. The summed E-state index contributed by atoms with van der Waals surface area (Å²) in [4.78, 5) is 0. The Morgan fingerprint density at radius 3 is 1.58 bits per heavy atom. The average molecular weight is 368 g/mol. The van der Waals surface area contributed by atoms with Crippen LogP contribution in [0.5, 0.6) is 0 Å². The number of rotatable bonds is 18. The van der Waals surface area contributed by atoms with Gasteiger partial charge in [-0.25, -0.2) is 0 Å². The van der Waals surface area contributed by atoms with E-state index < -0.39 is 0 Å². The Bertz CT molecular complexity index is 237. The molecule has 0 aliphatic heterocycles. The van der Waals surface area contributed by atoms with E-state index in [2.05, 4.69) is 14.0 Å². The lowest BCUT2D eigenvalue weighted by Gasteiger charge is -2.33. The number of hydrogen-bond acceptors (Lipinski definition) is 3. The van der Waals surface area contributed by atoms with Crippen LogP contribution < -0.4 is 12.4 Å². The predicted octanol–water partition coefficient (Wildman–Crippen LogP) is 0.359. The summed E-state index contributed by atoms with van der Waals surface area (Å²) >= 11 is 0. The van der Waals surface area contributed by atoms with E-state index in [1.54, 1.807) is 0 Å². The molecule has 24 heavy (non-hydrogen) atoms. The second-order valence-corrected chi connectivity index (χ2v) is 7.03. The highest BCUT2D eigenvalue weighted by Gasteiger charge is 2.19. The molecule has 0 heterocycles. The number of aliphatic hydroxyl groups is 2. The Balaban J connectivity index is 0. The molecule has 0 aliphatic carbocycles. The fourth-order valence-electron chi connectivity index (χ4n) is 2.90. The van der Waals surface area contributed by atoms with Crippen molar-refractivity contribution in [3.63, 3.8) is 0 Å². The van der Waals surface area contributed by atoms with E-state index in [0.29, 0.717) is 24.2 Å². The predicted molar refractivity (Wildman–Crippen MR) is 97.6 cm³/mol. The topological polar surface area (TPSA) is 49.7 Å². The van der Waals surface area contributed by atoms with Crippen LogP contribution in [0.25, 0.3) is 0 Å². The van der Waals surface area contributed by atoms with Crippen LogP contribution in [0.2, 0.25) is 0 Å². The quantitative estimate of drug-likeness (QED) is 0.272. The minimum Gasteiger partial charge on any atom is -1.00 e. The van der Waals surface area contributed by atoms with Crippen molar-refractivity contribution in [1.82, 2.24) is 0 Å². The Kier molecular flexibility index (Phi) is 21.4. The summed E-state index contributed by atoms with van der Waals surface area (Å²) < 4.78 is 6.40. The first-order chi connectivity index (χ1) is 11.2. The highest BCUT2D eigenvalue weighted by molar-refractivity contribution is 4.47. The van der Waals surface area contributed by atoms with Gasteiger partial charge in [-0.3, -0.25) is 0 Å². The molecule has 4 nitrogen and oxygen atoms in total. The molecule has 148 valence electrons. The number of aliphatic hydroxyl groups excluding tert-OH is 2. The molecule has 0 radical (unpaired) electrons. The van der Waals surface area contributed by atoms with Gasteiger partial charge in [0.2, 0.25) is 0 Å². The lowest BCUT2D eigenvalue weighted by molar-refractivity contribution is -0.910. The van der Waals surface area contributed by atoms with Crippen LogP contribution in [0.15, 0.2) is 0 Å². The molecule has 0 aliphatic rings. The average Bonchev–Trinajstić information content (AvgIpc) is 2.52. The highest BCUT2D eigenvalue weighted by atomic mass is 35.5. The maximum absolute atomic E-state index is 9.09. The van der Waals surface area contributed by atoms with Gasteiger partial charge in [-0.1, -0.05) is 64.7 Å². The summed E-state index contributed by atoms with van der Waals surface area (Å²) in [6, 6.07) is 0. The van der Waals surface area contributed by atoms with Gasteiger partial charge in [0, 0.05) is 6.61 Å². The molecule has 0 aromatic carbocycles. The van der Waals surface area contributed by atoms with Crippen molar-refractivity contribution < 1.29 is 31.8 Å². The van der Waals surface area contributed by atoms with E-state index >= 15 is 0 Å². The molecule has 0 fully saturated rings. The van der Waals surface area contributed by atoms with Crippen molar-refractivity contribution in [2.75, 3.05) is 53.1 Å². The zero-order valence-corrected chi connectivity index (χ0v) is 16.9. The van der Waals surface area contributed by atoms with E-state index in [4.69, 9.17) is 14.9 Å². The summed E-state index contributed by atoms with van der Waals surface area (Å²) in [6.45, 7) is 6.37. The number of ether oxygens (including phenoxy) is 1. The number of hydrogen-bond donors (Lipinski definition) is 2. The summed E-state index contributed by atoms with van der Waals surface area (Å²) in [5.74, 6) is 0. The maximum Gasteiger partial charge on any atom is 0.102 e. The summed E-state index contributed by atoms with van der Waals surface area (Å²) in [7, 11) is 2.07. The van der Waals surface area contributed by atoms with Crippen LogP contribution in [-0.2, 0) is 4.74 Å². The lowest BCUT2D eigenvalue weighted by Crippen LogP contribution is -3.00. The SMILES string of the molecule is CCCCCCCCCCCCOCC[N+](C)(CCO)CCO.[Cl-]. The number of likely N-dealkylation sites (N-methyl/N-ethyl adjacent to an activating group) is 1. The standard InChI is InChI=1S/C19H42NO3.ClH/c1-3-4-5-6-7-8-9-10-11-12-18-23-19-15-20(2,13-16-21)14-17-22;/h21-22H,3-19H2,1-2H3;1H/q+1;/p-1. The molecule has 0 saturated carbocycles. The van der Waals surface area contributed by atoms with Crippen molar-refractivity contribution >= 4 is 0 Å². The van der Waals surface area contributed by atoms with Gasteiger partial charge in [-0.2, -0.15) is 0 Å². The fourth-order valence-corrected chi connectivity index (χ4v) is 2.90. The second-order valence-electron chi connectivity index (χ2n) is 7.03. The van der Waals surface area contributed by atoms with Crippen molar-refractivity contribution in [2.45, 2.75) is 71.1 Å². The third-order valence-electron chi connectivity index (χ3n) is 4.70. The second kappa shape index (κ2) is 19.5. The molecule has 2 N–H and O–H groups in total. The van der Waals surface area contributed by atoms with Gasteiger partial charge in [0.05, 0.1) is 26.9 Å². The molecule has 5 heteroatoms. The molecule has 0 aromatic rings. The number of nitrogens with zero attached hydrogens (tertiary/aromatic N) is 1. The van der Waals surface area contributed by atoms with Gasteiger partial charge in [-0.15, -0.1) is 0 Å². The van der Waals surface area contributed by atoms with Crippen molar-refractivity contribution in [2.24, 2.45) is 0 Å². The van der Waals surface area contributed by atoms with Crippen LogP contribution in [-0.4, -0.2) is 67.8 Å². The first-order valence-electron chi connectivity index (χ1n) is 9.81. The van der Waals surface area contributed by atoms with Crippen molar-refractivity contribution in [1.29, 1.82) is 0 Å². The fraction of sp³-hybridized carbons (Fsp3) is 1.00. The van der Waals surface area contributed by atoms with Gasteiger partial charge in [0.15, 0.2) is 0 Å². The largest absolute Gasteiger partial charge is 1.00 e. The zero-order chi connectivity index (χ0) is 17.2. The van der Waals surface area contributed by atoms with Crippen LogP contribution >= 0.6 is 0 Å². The summed E-state index contributed by atoms with van der Waals surface area (Å²) in [5, 5.41) is 18.2. The summed E-state index contributed by atoms with van der Waals surface area (Å²) in [6.07, 6.45) is 13.5. The van der Waals surface area contributed by atoms with Crippen LogP contribution in [0, 0.1) is 0 Å². The Morgan fingerprint density at radius 2 is 1.12 bits per heavy atom. The number of unbranched alkanes of at least 4 members (excludes halogenated alkanes) is 9. The maximum atomic E-state index is 9.09. The monoisotopic (exact) mass is 367 g/mol. The van der Waals surface area contributed by atoms with E-state index in [-0.39, 0.29) is 25.6 Å². The molecule has 0 saturated heterocycles. The van der Waals surface area contributed by atoms with E-state index in [1.165, 1.54) is 57.8 Å². The molecule has 0 aromatic heterocycles. The van der Waals surface area contributed by atoms with Crippen LogP contribution in [0.3, 0.4) is 0 Å². The van der Waals surface area contributed by atoms with Gasteiger partial charge >= 0.3 is 0 Å². The van der Waals surface area contributed by atoms with Crippen LogP contribution in [0.1, 0.15) is 71.1 Å². The summed E-state index contributed by atoms with van der Waals surface area (Å²) in [5.41, 5.74) is 0. The zero-order valence-electron chi connectivity index (χ0n) is 16.1. The minimum absolute atomic E-state index is 0. The molecule has 0 rings (SSSR count). The van der Waals surface area contributed by atoms with Crippen molar-refractivity contribution in [3.05, 3.63) is 0 Å². The first-order valence-corrected chi connectivity index (χ1v) is 9.81. The number of quaternary nitrogens is 1. The molecule has 0 bridgehead atoms. The van der Waals surface area contributed by atoms with Gasteiger partial charge in [0.1, 0.15) is 19.6 Å². The third kappa shape index (κ3) is 17.0. The van der Waals surface area contributed by atoms with E-state index in [9.17, 15) is 0 Å². The van der Waals surface area contributed by atoms with Gasteiger partial charge in [-0.05, 0) is 6.42 Å². The highest BCUT2D eigenvalue weighted by Crippen LogP contribution is 2.10. The first kappa shape index (κ1) is 26.4. The Labute approximate surface area is 156 Å². The van der Waals surface area contributed by atoms with Crippen molar-refractivity contribution in [3.8, 4) is 0 Å². The van der Waals surface area contributed by atoms with Gasteiger partial charge < -0.3 is 31.8 Å². The van der Waals surface area contributed by atoms with Crippen LogP contribution in [0.4, 0.5) is 0 Å². The lowest BCUT2D eigenvalue weighted by atomic mass is 10.1. The van der Waals surface area contributed by atoms with E-state index in [0.717, 1.165) is 19.6 Å². The Morgan fingerprint density at radius 1 is 0.667 bits per heavy atom. The molecular weight excluding hydrogens is 326 g/mol. The molecule has 0 amide bonds. The Hall–Kier alpha value is 0.130. The third-order valence-corrected chi connectivity index (χ3v) is 4.70. The number of halogens is 1. The van der Waals surface area contributed by atoms with E-state index in [1.807, 2.05) is 0 Å². The minimum atomic E-state index is 0. The smallest absolute Gasteiger partial charge is 0.102 e. The molecular formula is C19H42ClNO3. The van der Waals surface area contributed by atoms with Gasteiger partial charge in [0.25, 0.3) is 0 Å². The molecule has 0 unspecified atom stereocenters. The molecule has 0 atom stereocenters.